The van der Waals surface area contributed by atoms with Gasteiger partial charge in [0.1, 0.15) is 11.5 Å². The van der Waals surface area contributed by atoms with Crippen LogP contribution in [0.5, 0.6) is 11.5 Å². The van der Waals surface area contributed by atoms with Crippen molar-refractivity contribution in [3.63, 3.8) is 0 Å². The van der Waals surface area contributed by atoms with Crippen molar-refractivity contribution in [2.24, 2.45) is 0 Å². The van der Waals surface area contributed by atoms with Gasteiger partial charge in [0.25, 0.3) is 0 Å². The molecule has 0 atom stereocenters. The van der Waals surface area contributed by atoms with Crippen LogP contribution in [-0.2, 0) is 11.3 Å². The highest BCUT2D eigenvalue weighted by molar-refractivity contribution is 6.31. The molecule has 1 aliphatic rings. The number of allylic oxidation sites excluding steroid dienone is 1. The topological polar surface area (TPSA) is 44.8 Å². The lowest BCUT2D eigenvalue weighted by Gasteiger charge is -2.19. The molecule has 4 nitrogen and oxygen atoms in total. The van der Waals surface area contributed by atoms with Crippen LogP contribution in [0.15, 0.2) is 42.5 Å². The molecule has 0 aliphatic carbocycles. The molecule has 0 amide bonds. The van der Waals surface area contributed by atoms with Gasteiger partial charge in [-0.3, -0.25) is 4.79 Å². The molecular formula is C18H15ClO4. The molecule has 0 radical (unpaired) electrons. The van der Waals surface area contributed by atoms with Gasteiger partial charge in [0.05, 0.1) is 18.7 Å². The summed E-state index contributed by atoms with van der Waals surface area (Å²) < 4.78 is 15.7. The van der Waals surface area contributed by atoms with E-state index in [0.29, 0.717) is 28.7 Å². The van der Waals surface area contributed by atoms with Crippen molar-refractivity contribution in [3.05, 3.63) is 64.2 Å². The fourth-order valence-electron chi connectivity index (χ4n) is 2.27. The molecule has 0 spiro atoms. The van der Waals surface area contributed by atoms with E-state index in [1.54, 1.807) is 43.5 Å². The van der Waals surface area contributed by atoms with E-state index >= 15 is 0 Å². The number of rotatable bonds is 4. The number of ketones is 1. The van der Waals surface area contributed by atoms with Crippen LogP contribution in [0.3, 0.4) is 0 Å². The lowest BCUT2D eigenvalue weighted by Crippen LogP contribution is -2.11. The number of fused-ring (bicyclic) bond motifs is 1. The van der Waals surface area contributed by atoms with Crippen LogP contribution in [0, 0.1) is 0 Å². The minimum Gasteiger partial charge on any atom is -0.497 e. The van der Waals surface area contributed by atoms with Gasteiger partial charge in [-0.05, 0) is 48.0 Å². The average molecular weight is 331 g/mol. The highest BCUT2D eigenvalue weighted by Gasteiger charge is 2.14. The average Bonchev–Trinajstić information content (AvgIpc) is 2.60. The maximum atomic E-state index is 12.2. The van der Waals surface area contributed by atoms with Crippen molar-refractivity contribution < 1.29 is 19.0 Å². The summed E-state index contributed by atoms with van der Waals surface area (Å²) >= 11 is 6.22. The first-order valence-electron chi connectivity index (χ1n) is 7.07. The number of carbonyl (C=O) groups is 1. The summed E-state index contributed by atoms with van der Waals surface area (Å²) in [6.45, 7) is 0.643. The van der Waals surface area contributed by atoms with Crippen molar-refractivity contribution in [1.29, 1.82) is 0 Å². The quantitative estimate of drug-likeness (QED) is 0.625. The fraction of sp³-hybridized carbons (Fsp3) is 0.167. The normalized spacial score (nSPS) is 13.5. The summed E-state index contributed by atoms with van der Waals surface area (Å²) in [4.78, 5) is 12.2. The lowest BCUT2D eigenvalue weighted by molar-refractivity contribution is -0.0163. The summed E-state index contributed by atoms with van der Waals surface area (Å²) in [6, 6.07) is 10.6. The van der Waals surface area contributed by atoms with E-state index in [-0.39, 0.29) is 12.6 Å². The molecule has 0 saturated carbocycles. The second kappa shape index (κ2) is 6.86. The standard InChI is InChI=1S/C18H15ClO4/c1-21-14-5-3-13(4-6-14)17(20)7-2-12-8-16(19)15-10-22-11-23-18(15)9-12/h2-9H,10-11H2,1H3/b7-2+. The Kier molecular flexibility index (Phi) is 4.65. The molecule has 1 heterocycles. The van der Waals surface area contributed by atoms with Crippen molar-refractivity contribution >= 4 is 23.5 Å². The van der Waals surface area contributed by atoms with Crippen LogP contribution in [0.4, 0.5) is 0 Å². The van der Waals surface area contributed by atoms with E-state index in [0.717, 1.165) is 11.1 Å². The van der Waals surface area contributed by atoms with Gasteiger partial charge in [0, 0.05) is 11.1 Å². The van der Waals surface area contributed by atoms with Crippen LogP contribution in [0.25, 0.3) is 6.08 Å². The molecule has 0 unspecified atom stereocenters. The number of halogens is 1. The van der Waals surface area contributed by atoms with Crippen LogP contribution < -0.4 is 9.47 Å². The fourth-order valence-corrected chi connectivity index (χ4v) is 2.54. The zero-order chi connectivity index (χ0) is 16.2. The minimum atomic E-state index is -0.0919. The Morgan fingerprint density at radius 1 is 1.26 bits per heavy atom. The number of benzene rings is 2. The predicted octanol–water partition coefficient (Wildman–Crippen LogP) is 4.11. The van der Waals surface area contributed by atoms with E-state index in [4.69, 9.17) is 25.8 Å². The van der Waals surface area contributed by atoms with Crippen LogP contribution >= 0.6 is 11.6 Å². The highest BCUT2D eigenvalue weighted by atomic mass is 35.5. The van der Waals surface area contributed by atoms with Crippen LogP contribution in [0.2, 0.25) is 5.02 Å². The van der Waals surface area contributed by atoms with E-state index < -0.39 is 0 Å². The summed E-state index contributed by atoms with van der Waals surface area (Å²) in [7, 11) is 1.59. The number of hydrogen-bond acceptors (Lipinski definition) is 4. The van der Waals surface area contributed by atoms with E-state index in [2.05, 4.69) is 0 Å². The van der Waals surface area contributed by atoms with Gasteiger partial charge in [0.2, 0.25) is 0 Å². The Hall–Kier alpha value is -2.30. The van der Waals surface area contributed by atoms with Gasteiger partial charge >= 0.3 is 0 Å². The molecule has 118 valence electrons. The maximum Gasteiger partial charge on any atom is 0.189 e. The third-order valence-electron chi connectivity index (χ3n) is 3.52. The molecule has 1 aliphatic heterocycles. The number of hydrogen-bond donors (Lipinski definition) is 0. The molecule has 5 heteroatoms. The zero-order valence-electron chi connectivity index (χ0n) is 12.5. The Bertz CT molecular complexity index is 750. The van der Waals surface area contributed by atoms with Gasteiger partial charge in [0.15, 0.2) is 12.6 Å². The Morgan fingerprint density at radius 2 is 2.04 bits per heavy atom. The summed E-state index contributed by atoms with van der Waals surface area (Å²) in [5.41, 5.74) is 2.23. The van der Waals surface area contributed by atoms with E-state index in [9.17, 15) is 4.79 Å². The molecule has 0 aromatic heterocycles. The van der Waals surface area contributed by atoms with Crippen molar-refractivity contribution in [3.8, 4) is 11.5 Å². The van der Waals surface area contributed by atoms with Gasteiger partial charge in [-0.15, -0.1) is 0 Å². The SMILES string of the molecule is COc1ccc(C(=O)/C=C/c2cc(Cl)c3c(c2)OCOC3)cc1. The minimum absolute atomic E-state index is 0.0919. The Labute approximate surface area is 139 Å². The number of ether oxygens (including phenoxy) is 3. The first kappa shape index (κ1) is 15.6. The van der Waals surface area contributed by atoms with Gasteiger partial charge in [-0.1, -0.05) is 17.7 Å². The Balaban J connectivity index is 1.79. The molecule has 0 saturated heterocycles. The largest absolute Gasteiger partial charge is 0.497 e. The molecule has 2 aromatic rings. The summed E-state index contributed by atoms with van der Waals surface area (Å²) in [5.74, 6) is 1.32. The lowest BCUT2D eigenvalue weighted by atomic mass is 10.1. The second-order valence-corrected chi connectivity index (χ2v) is 5.42. The zero-order valence-corrected chi connectivity index (χ0v) is 13.3. The molecule has 0 bridgehead atoms. The van der Waals surface area contributed by atoms with Crippen molar-refractivity contribution in [1.82, 2.24) is 0 Å². The van der Waals surface area contributed by atoms with Crippen LogP contribution in [-0.4, -0.2) is 19.7 Å². The van der Waals surface area contributed by atoms with E-state index in [1.165, 1.54) is 6.08 Å². The summed E-state index contributed by atoms with van der Waals surface area (Å²) in [5, 5.41) is 0.568. The molecule has 0 fully saturated rings. The third kappa shape index (κ3) is 3.55. The molecule has 2 aromatic carbocycles. The maximum absolute atomic E-state index is 12.2. The van der Waals surface area contributed by atoms with Gasteiger partial charge in [-0.25, -0.2) is 0 Å². The molecule has 23 heavy (non-hydrogen) atoms. The third-order valence-corrected chi connectivity index (χ3v) is 3.86. The van der Waals surface area contributed by atoms with E-state index in [1.807, 2.05) is 6.07 Å². The summed E-state index contributed by atoms with van der Waals surface area (Å²) in [6.07, 6.45) is 3.23. The first-order chi connectivity index (χ1) is 11.2. The smallest absolute Gasteiger partial charge is 0.189 e. The predicted molar refractivity (Wildman–Crippen MR) is 88.1 cm³/mol. The monoisotopic (exact) mass is 330 g/mol. The van der Waals surface area contributed by atoms with Gasteiger partial charge < -0.3 is 14.2 Å². The molecule has 3 rings (SSSR count). The molecular weight excluding hydrogens is 316 g/mol. The van der Waals surface area contributed by atoms with Crippen molar-refractivity contribution in [2.75, 3.05) is 13.9 Å². The van der Waals surface area contributed by atoms with Crippen LogP contribution in [0.1, 0.15) is 21.5 Å². The van der Waals surface area contributed by atoms with Gasteiger partial charge in [-0.2, -0.15) is 0 Å². The second-order valence-electron chi connectivity index (χ2n) is 5.02. The van der Waals surface area contributed by atoms with Crippen molar-refractivity contribution in [2.45, 2.75) is 6.61 Å². The number of carbonyl (C=O) groups excluding carboxylic acids is 1. The number of methoxy groups -OCH3 is 1. The Morgan fingerprint density at radius 3 is 2.78 bits per heavy atom. The highest BCUT2D eigenvalue weighted by Crippen LogP contribution is 2.32. The molecule has 0 N–H and O–H groups in total. The first-order valence-corrected chi connectivity index (χ1v) is 7.44.